The van der Waals surface area contributed by atoms with Crippen molar-refractivity contribution >= 4 is 23.6 Å². The van der Waals surface area contributed by atoms with Crippen LogP contribution in [0.1, 0.15) is 42.7 Å². The molecule has 0 radical (unpaired) electrons. The molecule has 2 heterocycles. The Labute approximate surface area is 122 Å². The molecule has 1 aromatic rings. The van der Waals surface area contributed by atoms with Gasteiger partial charge in [0.1, 0.15) is 0 Å². The van der Waals surface area contributed by atoms with Crippen molar-refractivity contribution in [3.63, 3.8) is 0 Å². The normalized spacial score (nSPS) is 18.9. The number of fused-ring (bicyclic) bond motifs is 1. The first-order valence-corrected chi connectivity index (χ1v) is 7.66. The number of primary amides is 1. The Bertz CT molecular complexity index is 551. The minimum absolute atomic E-state index is 0.00630. The van der Waals surface area contributed by atoms with Gasteiger partial charge in [-0.1, -0.05) is 6.92 Å². The van der Waals surface area contributed by atoms with E-state index in [1.165, 1.54) is 0 Å². The first kappa shape index (κ1) is 15.0. The summed E-state index contributed by atoms with van der Waals surface area (Å²) in [5, 5.41) is 0.881. The fourth-order valence-corrected chi connectivity index (χ4v) is 3.87. The molecule has 5 nitrogen and oxygen atoms in total. The molecular weight excluding hydrogens is 276 g/mol. The van der Waals surface area contributed by atoms with Crippen molar-refractivity contribution in [2.24, 2.45) is 11.7 Å². The van der Waals surface area contributed by atoms with Crippen molar-refractivity contribution < 1.29 is 14.3 Å². The van der Waals surface area contributed by atoms with E-state index in [9.17, 15) is 9.59 Å². The van der Waals surface area contributed by atoms with E-state index in [-0.39, 0.29) is 29.9 Å². The van der Waals surface area contributed by atoms with E-state index in [4.69, 9.17) is 10.5 Å². The predicted molar refractivity (Wildman–Crippen MR) is 77.8 cm³/mol. The van der Waals surface area contributed by atoms with Gasteiger partial charge in [0.25, 0.3) is 0 Å². The van der Waals surface area contributed by atoms with Crippen LogP contribution in [0.2, 0.25) is 0 Å². The number of nitrogens with two attached hydrogens (primary N) is 1. The largest absolute Gasteiger partial charge is 0.459 e. The Morgan fingerprint density at radius 2 is 2.10 bits per heavy atom. The van der Waals surface area contributed by atoms with Gasteiger partial charge >= 0.3 is 5.97 Å². The predicted octanol–water partition coefficient (Wildman–Crippen LogP) is 2.13. The second-order valence-corrected chi connectivity index (χ2v) is 6.43. The molecule has 1 aliphatic rings. The zero-order valence-corrected chi connectivity index (χ0v) is 13.0. The van der Waals surface area contributed by atoms with Crippen LogP contribution in [0.15, 0.2) is 11.2 Å². The number of thioether (sulfide) groups is 1. The maximum atomic E-state index is 12.2. The van der Waals surface area contributed by atoms with Crippen LogP contribution < -0.4 is 5.73 Å². The lowest BCUT2D eigenvalue weighted by Gasteiger charge is -2.17. The van der Waals surface area contributed by atoms with E-state index in [2.05, 4.69) is 0 Å². The van der Waals surface area contributed by atoms with Gasteiger partial charge in [-0.25, -0.2) is 4.79 Å². The van der Waals surface area contributed by atoms with Crippen molar-refractivity contribution in [1.82, 2.24) is 4.57 Å². The van der Waals surface area contributed by atoms with Crippen molar-refractivity contribution in [2.45, 2.75) is 44.9 Å². The molecule has 2 atom stereocenters. The van der Waals surface area contributed by atoms with Crippen molar-refractivity contribution in [1.29, 1.82) is 0 Å². The summed E-state index contributed by atoms with van der Waals surface area (Å²) in [5.74, 6) is -0.126. The Morgan fingerprint density at radius 3 is 2.65 bits per heavy atom. The maximum absolute atomic E-state index is 12.2. The highest BCUT2D eigenvalue weighted by Gasteiger charge is 2.35. The van der Waals surface area contributed by atoms with Gasteiger partial charge in [0.05, 0.1) is 28.7 Å². The van der Waals surface area contributed by atoms with E-state index in [1.54, 1.807) is 11.8 Å². The number of carbonyl (C=O) groups excluding carboxylic acids is 2. The van der Waals surface area contributed by atoms with Crippen molar-refractivity contribution in [3.8, 4) is 0 Å². The monoisotopic (exact) mass is 296 g/mol. The first-order chi connectivity index (χ1) is 9.32. The lowest BCUT2D eigenvalue weighted by atomic mass is 10.0. The number of amides is 1. The highest BCUT2D eigenvalue weighted by Crippen LogP contribution is 2.41. The molecule has 0 spiro atoms. The summed E-state index contributed by atoms with van der Waals surface area (Å²) in [7, 11) is 0. The minimum atomic E-state index is -0.318. The molecule has 1 amide bonds. The third-order valence-electron chi connectivity index (χ3n) is 3.50. The summed E-state index contributed by atoms with van der Waals surface area (Å²) in [6, 6.07) is 0.00630. The zero-order chi connectivity index (χ0) is 15.0. The Morgan fingerprint density at radius 1 is 1.45 bits per heavy atom. The van der Waals surface area contributed by atoms with Crippen molar-refractivity contribution in [3.05, 3.63) is 17.3 Å². The Balaban J connectivity index is 2.34. The van der Waals surface area contributed by atoms with Crippen LogP contribution in [0.25, 0.3) is 0 Å². The molecule has 2 N–H and O–H groups in total. The second kappa shape index (κ2) is 5.52. The number of esters is 1. The Hall–Kier alpha value is -1.43. The molecule has 0 aliphatic carbocycles. The summed E-state index contributed by atoms with van der Waals surface area (Å²) < 4.78 is 7.28. The summed E-state index contributed by atoms with van der Waals surface area (Å²) in [6.45, 7) is 7.36. The molecule has 0 aromatic carbocycles. The summed E-state index contributed by atoms with van der Waals surface area (Å²) >= 11 is 1.58. The lowest BCUT2D eigenvalue weighted by Crippen LogP contribution is -2.28. The lowest BCUT2D eigenvalue weighted by molar-refractivity contribution is -0.122. The number of ether oxygens (including phenoxy) is 1. The SMILES string of the molecule is Cc1cn2c(c1C(=O)OC(C)C)SCC2C(C)C(N)=O. The van der Waals surface area contributed by atoms with Crippen LogP contribution in [0, 0.1) is 12.8 Å². The molecule has 0 fully saturated rings. The van der Waals surface area contributed by atoms with Crippen LogP contribution in [0.4, 0.5) is 0 Å². The first-order valence-electron chi connectivity index (χ1n) is 6.67. The molecule has 0 saturated heterocycles. The molecule has 2 unspecified atom stereocenters. The third kappa shape index (κ3) is 2.57. The number of aromatic nitrogens is 1. The Kier molecular flexibility index (Phi) is 4.13. The van der Waals surface area contributed by atoms with Gasteiger partial charge in [0, 0.05) is 11.9 Å². The number of aryl methyl sites for hydroxylation is 1. The highest BCUT2D eigenvalue weighted by molar-refractivity contribution is 7.99. The number of carbonyl (C=O) groups is 2. The van der Waals surface area contributed by atoms with E-state index in [0.29, 0.717) is 5.56 Å². The molecule has 0 bridgehead atoms. The number of nitrogens with zero attached hydrogens (tertiary/aromatic N) is 1. The van der Waals surface area contributed by atoms with E-state index in [0.717, 1.165) is 16.3 Å². The molecule has 0 saturated carbocycles. The quantitative estimate of drug-likeness (QED) is 0.864. The molecule has 6 heteroatoms. The molecule has 2 rings (SSSR count). The number of hydrogen-bond donors (Lipinski definition) is 1. The van der Waals surface area contributed by atoms with Crippen LogP contribution in [0.3, 0.4) is 0 Å². The fraction of sp³-hybridized carbons (Fsp3) is 0.571. The smallest absolute Gasteiger partial charge is 0.341 e. The highest BCUT2D eigenvalue weighted by atomic mass is 32.2. The van der Waals surface area contributed by atoms with Gasteiger partial charge < -0.3 is 15.0 Å². The average Bonchev–Trinajstić information content (AvgIpc) is 2.84. The van der Waals surface area contributed by atoms with Gasteiger partial charge in [0.2, 0.25) is 5.91 Å². The second-order valence-electron chi connectivity index (χ2n) is 5.42. The van der Waals surface area contributed by atoms with Crippen LogP contribution >= 0.6 is 11.8 Å². The molecular formula is C14H20N2O3S. The van der Waals surface area contributed by atoms with Gasteiger partial charge in [-0.15, -0.1) is 11.8 Å². The maximum Gasteiger partial charge on any atom is 0.341 e. The fourth-order valence-electron chi connectivity index (χ4n) is 2.36. The summed E-state index contributed by atoms with van der Waals surface area (Å²) in [6.07, 6.45) is 1.76. The standard InChI is InChI=1S/C14H20N2O3S/c1-7(2)19-14(18)11-8(3)5-16-10(6-20-13(11)16)9(4)12(15)17/h5,7,9-10H,6H2,1-4H3,(H2,15,17). The minimum Gasteiger partial charge on any atom is -0.459 e. The molecule has 1 aromatic heterocycles. The average molecular weight is 296 g/mol. The van der Waals surface area contributed by atoms with Crippen molar-refractivity contribution in [2.75, 3.05) is 5.75 Å². The van der Waals surface area contributed by atoms with Gasteiger partial charge in [-0.2, -0.15) is 0 Å². The van der Waals surface area contributed by atoms with Crippen LogP contribution in [0.5, 0.6) is 0 Å². The summed E-state index contributed by atoms with van der Waals surface area (Å²) in [4.78, 5) is 23.5. The summed E-state index contributed by atoms with van der Waals surface area (Å²) in [5.41, 5.74) is 6.88. The third-order valence-corrected chi connectivity index (χ3v) is 4.69. The molecule has 1 aliphatic heterocycles. The number of hydrogen-bond acceptors (Lipinski definition) is 4. The van der Waals surface area contributed by atoms with Gasteiger partial charge in [-0.3, -0.25) is 4.79 Å². The van der Waals surface area contributed by atoms with E-state index < -0.39 is 0 Å². The van der Waals surface area contributed by atoms with Gasteiger partial charge in [0.15, 0.2) is 0 Å². The van der Waals surface area contributed by atoms with E-state index >= 15 is 0 Å². The topological polar surface area (TPSA) is 74.3 Å². The van der Waals surface area contributed by atoms with Crippen LogP contribution in [-0.2, 0) is 9.53 Å². The van der Waals surface area contributed by atoms with E-state index in [1.807, 2.05) is 38.5 Å². The number of rotatable bonds is 4. The molecule has 110 valence electrons. The van der Waals surface area contributed by atoms with Gasteiger partial charge in [-0.05, 0) is 26.3 Å². The zero-order valence-electron chi connectivity index (χ0n) is 12.2. The molecule has 20 heavy (non-hydrogen) atoms. The van der Waals surface area contributed by atoms with Crippen LogP contribution in [-0.4, -0.2) is 28.3 Å².